The molecular formula is C16H23N3O5S. The van der Waals surface area contributed by atoms with Crippen molar-refractivity contribution in [3.05, 3.63) is 29.3 Å². The molecule has 0 saturated carbocycles. The Morgan fingerprint density at radius 1 is 1.32 bits per heavy atom. The number of amides is 2. The molecule has 25 heavy (non-hydrogen) atoms. The Labute approximate surface area is 147 Å². The Hall–Kier alpha value is -1.97. The zero-order valence-corrected chi connectivity index (χ0v) is 15.1. The SMILES string of the molecule is CON1CCC(CC(=O)NS(=O)(=O)c2ccc(C)c(C(N)=O)c2)CC1. The van der Waals surface area contributed by atoms with Gasteiger partial charge < -0.3 is 10.6 Å². The third kappa shape index (κ3) is 5.00. The number of hydrogen-bond acceptors (Lipinski definition) is 6. The molecule has 3 N–H and O–H groups in total. The van der Waals surface area contributed by atoms with Gasteiger partial charge in [0.15, 0.2) is 0 Å². The van der Waals surface area contributed by atoms with Crippen molar-refractivity contribution >= 4 is 21.8 Å². The summed E-state index contributed by atoms with van der Waals surface area (Å²) in [7, 11) is -2.44. The highest BCUT2D eigenvalue weighted by Gasteiger charge is 2.25. The van der Waals surface area contributed by atoms with Gasteiger partial charge in [0, 0.05) is 25.1 Å². The largest absolute Gasteiger partial charge is 0.366 e. The van der Waals surface area contributed by atoms with Gasteiger partial charge in [-0.25, -0.2) is 13.1 Å². The molecule has 0 atom stereocenters. The number of nitrogens with zero attached hydrogens (tertiary/aromatic N) is 1. The molecule has 1 saturated heterocycles. The van der Waals surface area contributed by atoms with Crippen molar-refractivity contribution in [2.75, 3.05) is 20.2 Å². The molecule has 1 aliphatic heterocycles. The maximum absolute atomic E-state index is 12.4. The van der Waals surface area contributed by atoms with Crippen LogP contribution in [0.25, 0.3) is 0 Å². The monoisotopic (exact) mass is 369 g/mol. The van der Waals surface area contributed by atoms with E-state index in [4.69, 9.17) is 10.6 Å². The molecule has 2 amide bonds. The molecule has 0 unspecified atom stereocenters. The van der Waals surface area contributed by atoms with Crippen molar-refractivity contribution in [2.24, 2.45) is 11.7 Å². The number of carbonyl (C=O) groups excluding carboxylic acids is 2. The zero-order chi connectivity index (χ0) is 18.6. The summed E-state index contributed by atoms with van der Waals surface area (Å²) in [6, 6.07) is 4.01. The topological polar surface area (TPSA) is 119 Å². The molecule has 1 aromatic carbocycles. The third-order valence-corrected chi connectivity index (χ3v) is 5.71. The lowest BCUT2D eigenvalue weighted by atomic mass is 9.94. The summed E-state index contributed by atoms with van der Waals surface area (Å²) in [6.45, 7) is 3.07. The predicted octanol–water partition coefficient (Wildman–Crippen LogP) is 0.562. The molecular weight excluding hydrogens is 346 g/mol. The van der Waals surface area contributed by atoms with Gasteiger partial charge in [-0.05, 0) is 43.4 Å². The van der Waals surface area contributed by atoms with Crippen LogP contribution < -0.4 is 10.5 Å². The van der Waals surface area contributed by atoms with Crippen LogP contribution in [0.2, 0.25) is 0 Å². The third-order valence-electron chi connectivity index (χ3n) is 4.34. The van der Waals surface area contributed by atoms with Gasteiger partial charge in [-0.2, -0.15) is 5.06 Å². The number of primary amides is 1. The Bertz CT molecular complexity index is 755. The highest BCUT2D eigenvalue weighted by atomic mass is 32.2. The molecule has 0 radical (unpaired) electrons. The number of nitrogens with two attached hydrogens (primary N) is 1. The molecule has 8 nitrogen and oxygen atoms in total. The summed E-state index contributed by atoms with van der Waals surface area (Å²) < 4.78 is 26.8. The fourth-order valence-electron chi connectivity index (χ4n) is 2.84. The summed E-state index contributed by atoms with van der Waals surface area (Å²) in [5.41, 5.74) is 5.92. The predicted molar refractivity (Wildman–Crippen MR) is 90.9 cm³/mol. The minimum absolute atomic E-state index is 0.112. The smallest absolute Gasteiger partial charge is 0.264 e. The lowest BCUT2D eigenvalue weighted by Gasteiger charge is -2.29. The van der Waals surface area contributed by atoms with Crippen LogP contribution in [-0.4, -0.2) is 45.5 Å². The highest BCUT2D eigenvalue weighted by molar-refractivity contribution is 7.90. The van der Waals surface area contributed by atoms with Crippen LogP contribution in [0.15, 0.2) is 23.1 Å². The summed E-state index contributed by atoms with van der Waals surface area (Å²) in [5, 5.41) is 1.81. The molecule has 1 fully saturated rings. The highest BCUT2D eigenvalue weighted by Crippen LogP contribution is 2.21. The molecule has 1 aromatic rings. The summed E-state index contributed by atoms with van der Waals surface area (Å²) in [6.07, 6.45) is 1.65. The number of rotatable bonds is 6. The number of aryl methyl sites for hydroxylation is 1. The van der Waals surface area contributed by atoms with Crippen molar-refractivity contribution in [3.63, 3.8) is 0 Å². The maximum Gasteiger partial charge on any atom is 0.264 e. The van der Waals surface area contributed by atoms with Gasteiger partial charge >= 0.3 is 0 Å². The van der Waals surface area contributed by atoms with Crippen LogP contribution >= 0.6 is 0 Å². The first-order valence-corrected chi connectivity index (χ1v) is 9.46. The molecule has 9 heteroatoms. The van der Waals surface area contributed by atoms with Crippen molar-refractivity contribution in [1.82, 2.24) is 9.79 Å². The van der Waals surface area contributed by atoms with E-state index >= 15 is 0 Å². The van der Waals surface area contributed by atoms with Crippen molar-refractivity contribution in [3.8, 4) is 0 Å². The molecule has 0 aromatic heterocycles. The molecule has 2 rings (SSSR count). The summed E-state index contributed by atoms with van der Waals surface area (Å²) in [4.78, 5) is 28.4. The number of hydroxylamine groups is 2. The van der Waals surface area contributed by atoms with E-state index in [-0.39, 0.29) is 22.8 Å². The fourth-order valence-corrected chi connectivity index (χ4v) is 3.86. The second kappa shape index (κ2) is 7.94. The number of carbonyl (C=O) groups is 2. The van der Waals surface area contributed by atoms with Gasteiger partial charge in [0.25, 0.3) is 10.0 Å². The van der Waals surface area contributed by atoms with Gasteiger partial charge in [-0.3, -0.25) is 9.59 Å². The zero-order valence-electron chi connectivity index (χ0n) is 14.3. The number of sulfonamides is 1. The maximum atomic E-state index is 12.4. The van der Waals surface area contributed by atoms with E-state index in [0.29, 0.717) is 18.7 Å². The first kappa shape index (κ1) is 19.4. The lowest BCUT2D eigenvalue weighted by Crippen LogP contribution is -2.36. The van der Waals surface area contributed by atoms with Gasteiger partial charge in [-0.15, -0.1) is 0 Å². The van der Waals surface area contributed by atoms with Gasteiger partial charge in [0.2, 0.25) is 11.8 Å². The van der Waals surface area contributed by atoms with E-state index in [1.807, 2.05) is 5.06 Å². The average molecular weight is 369 g/mol. The Morgan fingerprint density at radius 2 is 1.96 bits per heavy atom. The Morgan fingerprint density at radius 3 is 2.52 bits per heavy atom. The van der Waals surface area contributed by atoms with E-state index in [1.54, 1.807) is 14.0 Å². The van der Waals surface area contributed by atoms with Crippen LogP contribution in [0.3, 0.4) is 0 Å². The lowest BCUT2D eigenvalue weighted by molar-refractivity contribution is -0.149. The Balaban J connectivity index is 2.02. The minimum atomic E-state index is -4.04. The first-order valence-electron chi connectivity index (χ1n) is 7.98. The minimum Gasteiger partial charge on any atom is -0.366 e. The number of nitrogens with one attached hydrogen (secondary N) is 1. The van der Waals surface area contributed by atoms with E-state index < -0.39 is 21.8 Å². The summed E-state index contributed by atoms with van der Waals surface area (Å²) >= 11 is 0. The van der Waals surface area contributed by atoms with E-state index in [9.17, 15) is 18.0 Å². The number of benzene rings is 1. The standard InChI is InChI=1S/C16H23N3O5S/c1-11-3-4-13(10-14(11)16(17)21)25(22,23)18-15(20)9-12-5-7-19(24-2)8-6-12/h3-4,10,12H,5-9H2,1-2H3,(H2,17,21)(H,18,20). The normalized spacial score (nSPS) is 16.6. The van der Waals surface area contributed by atoms with Gasteiger partial charge in [0.05, 0.1) is 12.0 Å². The molecule has 0 spiro atoms. The van der Waals surface area contributed by atoms with Crippen LogP contribution in [0, 0.1) is 12.8 Å². The van der Waals surface area contributed by atoms with Crippen molar-refractivity contribution < 1.29 is 22.8 Å². The van der Waals surface area contributed by atoms with E-state index in [1.165, 1.54) is 18.2 Å². The molecule has 138 valence electrons. The van der Waals surface area contributed by atoms with E-state index in [0.717, 1.165) is 12.8 Å². The fraction of sp³-hybridized carbons (Fsp3) is 0.500. The average Bonchev–Trinajstić information content (AvgIpc) is 2.54. The van der Waals surface area contributed by atoms with Gasteiger partial charge in [-0.1, -0.05) is 6.07 Å². The van der Waals surface area contributed by atoms with Crippen molar-refractivity contribution in [2.45, 2.75) is 31.1 Å². The molecule has 1 heterocycles. The van der Waals surface area contributed by atoms with Crippen LogP contribution in [0.4, 0.5) is 0 Å². The van der Waals surface area contributed by atoms with E-state index in [2.05, 4.69) is 4.72 Å². The van der Waals surface area contributed by atoms with Crippen molar-refractivity contribution in [1.29, 1.82) is 0 Å². The number of piperidine rings is 1. The quantitative estimate of drug-likeness (QED) is 0.756. The van der Waals surface area contributed by atoms with Crippen LogP contribution in [0.5, 0.6) is 0 Å². The molecule has 0 aliphatic carbocycles. The van der Waals surface area contributed by atoms with Gasteiger partial charge in [0.1, 0.15) is 0 Å². The number of hydrogen-bond donors (Lipinski definition) is 2. The van der Waals surface area contributed by atoms with Crippen LogP contribution in [0.1, 0.15) is 35.2 Å². The molecule has 1 aliphatic rings. The summed E-state index contributed by atoms with van der Waals surface area (Å²) in [5.74, 6) is -1.16. The second-order valence-corrected chi connectivity index (χ2v) is 7.81. The second-order valence-electron chi connectivity index (χ2n) is 6.13. The Kier molecular flexibility index (Phi) is 6.15. The molecule has 0 bridgehead atoms. The van der Waals surface area contributed by atoms with Crippen LogP contribution in [-0.2, 0) is 19.7 Å². The first-order chi connectivity index (χ1) is 11.7.